The molecule has 0 saturated carbocycles. The summed E-state index contributed by atoms with van der Waals surface area (Å²) < 4.78 is 64.3. The zero-order chi connectivity index (χ0) is 29.2. The summed E-state index contributed by atoms with van der Waals surface area (Å²) in [7, 11) is -4.95. The first-order valence-corrected chi connectivity index (χ1v) is 15.5. The summed E-state index contributed by atoms with van der Waals surface area (Å²) in [4.78, 5) is 19.1. The molecule has 40 heavy (non-hydrogen) atoms. The summed E-state index contributed by atoms with van der Waals surface area (Å²) >= 11 is 0. The van der Waals surface area contributed by atoms with Crippen molar-refractivity contribution in [2.75, 3.05) is 31.5 Å². The molecule has 4 rings (SSSR count). The second kappa shape index (κ2) is 11.6. The molecule has 0 saturated heterocycles. The van der Waals surface area contributed by atoms with Gasteiger partial charge >= 0.3 is 0 Å². The fraction of sp³-hybridized carbons (Fsp3) is 0.385. The highest BCUT2D eigenvalue weighted by Gasteiger charge is 2.37. The van der Waals surface area contributed by atoms with E-state index in [1.807, 2.05) is 0 Å². The number of imidazole rings is 1. The van der Waals surface area contributed by atoms with Gasteiger partial charge in [0, 0.05) is 32.8 Å². The monoisotopic (exact) mass is 591 g/mol. The number of aryl methyl sites for hydroxylation is 1. The van der Waals surface area contributed by atoms with Gasteiger partial charge in [0.05, 0.1) is 41.7 Å². The van der Waals surface area contributed by atoms with Crippen LogP contribution in [0.3, 0.4) is 0 Å². The van der Waals surface area contributed by atoms with Gasteiger partial charge in [-0.2, -0.15) is 4.31 Å². The lowest BCUT2D eigenvalue weighted by atomic mass is 9.99. The molecule has 14 heteroatoms. The number of hydrogen-bond donors (Lipinski definition) is 2. The normalized spacial score (nSPS) is 18.9. The highest BCUT2D eigenvalue weighted by atomic mass is 32.2. The van der Waals surface area contributed by atoms with Crippen molar-refractivity contribution in [3.05, 3.63) is 66.6 Å². The molecule has 2 aromatic carbocycles. The molecule has 1 aliphatic rings. The number of sulfonamides is 2. The van der Waals surface area contributed by atoms with Gasteiger partial charge < -0.3 is 19.3 Å². The van der Waals surface area contributed by atoms with Crippen LogP contribution in [-0.2, 0) is 27.1 Å². The minimum absolute atomic E-state index is 0.0198. The summed E-state index contributed by atoms with van der Waals surface area (Å²) in [5, 5.41) is 9.74. The standard InChI is InChI=1S/C26H33N5O7S2/c1-18-13-31(19(2)16-32)26(33)21-11-8-12-22(28-39(34,35)20-9-6-5-7-10-20)25(21)38-23(18)14-30(4)40(36,37)24-15-29(3)17-27-24/h5-12,15,17-19,23,28,32H,13-14,16H2,1-4H3/t18-,19-,23+/m1/s1. The maximum Gasteiger partial charge on any atom is 0.262 e. The Hall–Kier alpha value is -3.46. The second-order valence-electron chi connectivity index (χ2n) is 9.89. The smallest absolute Gasteiger partial charge is 0.262 e. The Morgan fingerprint density at radius 1 is 1.15 bits per heavy atom. The van der Waals surface area contributed by atoms with Gasteiger partial charge in [0.15, 0.2) is 10.8 Å². The van der Waals surface area contributed by atoms with Crippen molar-refractivity contribution in [3.63, 3.8) is 0 Å². The first-order chi connectivity index (χ1) is 18.8. The Balaban J connectivity index is 1.76. The van der Waals surface area contributed by atoms with E-state index in [0.29, 0.717) is 0 Å². The molecular weight excluding hydrogens is 558 g/mol. The number of ether oxygens (including phenoxy) is 1. The zero-order valence-corrected chi connectivity index (χ0v) is 24.3. The topological polar surface area (TPSA) is 151 Å². The van der Waals surface area contributed by atoms with E-state index in [-0.39, 0.29) is 46.6 Å². The van der Waals surface area contributed by atoms with Gasteiger partial charge in [-0.3, -0.25) is 9.52 Å². The maximum atomic E-state index is 13.6. The third-order valence-corrected chi connectivity index (χ3v) is 9.87. The number of likely N-dealkylation sites (N-methyl/N-ethyl adjacent to an activating group) is 1. The molecule has 0 radical (unpaired) electrons. The minimum atomic E-state index is -4.04. The van der Waals surface area contributed by atoms with Crippen LogP contribution in [0.15, 0.2) is 71.0 Å². The lowest BCUT2D eigenvalue weighted by Gasteiger charge is -2.38. The van der Waals surface area contributed by atoms with Crippen molar-refractivity contribution in [2.45, 2.75) is 35.9 Å². The highest BCUT2D eigenvalue weighted by molar-refractivity contribution is 7.92. The number of aliphatic hydroxyl groups is 1. The summed E-state index contributed by atoms with van der Waals surface area (Å²) in [6.45, 7) is 3.25. The summed E-state index contributed by atoms with van der Waals surface area (Å²) in [6.07, 6.45) is 1.98. The lowest BCUT2D eigenvalue weighted by Crippen LogP contribution is -2.50. The number of aromatic nitrogens is 2. The first-order valence-electron chi connectivity index (χ1n) is 12.6. The van der Waals surface area contributed by atoms with E-state index in [4.69, 9.17) is 4.74 Å². The van der Waals surface area contributed by atoms with Gasteiger partial charge in [0.1, 0.15) is 6.10 Å². The second-order valence-corrected chi connectivity index (χ2v) is 13.6. The molecule has 0 bridgehead atoms. The fourth-order valence-corrected chi connectivity index (χ4v) is 6.60. The van der Waals surface area contributed by atoms with Gasteiger partial charge in [-0.25, -0.2) is 21.8 Å². The van der Waals surface area contributed by atoms with E-state index in [1.54, 1.807) is 39.1 Å². The van der Waals surface area contributed by atoms with E-state index in [1.165, 1.54) is 59.4 Å². The molecule has 0 fully saturated rings. The third kappa shape index (κ3) is 5.99. The molecule has 216 valence electrons. The number of fused-ring (bicyclic) bond motifs is 1. The number of nitrogens with one attached hydrogen (secondary N) is 1. The van der Waals surface area contributed by atoms with Crippen molar-refractivity contribution in [1.29, 1.82) is 0 Å². The Kier molecular flexibility index (Phi) is 8.54. The van der Waals surface area contributed by atoms with Crippen LogP contribution in [0, 0.1) is 5.92 Å². The van der Waals surface area contributed by atoms with E-state index < -0.39 is 44.0 Å². The van der Waals surface area contributed by atoms with E-state index in [2.05, 4.69) is 9.71 Å². The molecule has 0 aliphatic carbocycles. The number of para-hydroxylation sites is 1. The van der Waals surface area contributed by atoms with Gasteiger partial charge in [-0.15, -0.1) is 0 Å². The van der Waals surface area contributed by atoms with Crippen molar-refractivity contribution < 1.29 is 31.5 Å². The van der Waals surface area contributed by atoms with Gasteiger partial charge in [0.25, 0.3) is 26.0 Å². The fourth-order valence-electron chi connectivity index (χ4n) is 4.38. The number of carbonyl (C=O) groups excluding carboxylic acids is 1. The SMILES string of the molecule is C[C@@H]1CN([C@H](C)CO)C(=O)c2cccc(NS(=O)(=O)c3ccccc3)c2O[C@H]1CN(C)S(=O)(=O)c1cn(C)cn1. The lowest BCUT2D eigenvalue weighted by molar-refractivity contribution is 0.0389. The number of hydrogen-bond acceptors (Lipinski definition) is 8. The first kappa shape index (κ1) is 29.5. The quantitative estimate of drug-likeness (QED) is 0.382. The molecule has 1 amide bonds. The summed E-state index contributed by atoms with van der Waals surface area (Å²) in [6, 6.07) is 11.7. The molecule has 12 nitrogen and oxygen atoms in total. The molecule has 3 aromatic rings. The van der Waals surface area contributed by atoms with Gasteiger partial charge in [0.2, 0.25) is 0 Å². The molecule has 3 atom stereocenters. The third-order valence-electron chi connectivity index (χ3n) is 6.78. The summed E-state index contributed by atoms with van der Waals surface area (Å²) in [5.41, 5.74) is 0.112. The van der Waals surface area contributed by atoms with E-state index in [0.717, 1.165) is 4.31 Å². The Morgan fingerprint density at radius 2 is 1.85 bits per heavy atom. The van der Waals surface area contributed by atoms with Crippen LogP contribution in [-0.4, -0.2) is 85.5 Å². The molecule has 1 aromatic heterocycles. The Labute approximate surface area is 234 Å². The number of amides is 1. The summed E-state index contributed by atoms with van der Waals surface area (Å²) in [5.74, 6) is -0.884. The van der Waals surface area contributed by atoms with Crippen LogP contribution in [0.2, 0.25) is 0 Å². The van der Waals surface area contributed by atoms with Crippen LogP contribution in [0.1, 0.15) is 24.2 Å². The van der Waals surface area contributed by atoms with Gasteiger partial charge in [-0.05, 0) is 31.2 Å². The van der Waals surface area contributed by atoms with Gasteiger partial charge in [-0.1, -0.05) is 31.2 Å². The number of aliphatic hydroxyl groups excluding tert-OH is 1. The number of anilines is 1. The Bertz CT molecular complexity index is 1580. The number of nitrogens with zero attached hydrogens (tertiary/aromatic N) is 4. The van der Waals surface area contributed by atoms with Crippen LogP contribution < -0.4 is 9.46 Å². The molecular formula is C26H33N5O7S2. The Morgan fingerprint density at radius 3 is 2.48 bits per heavy atom. The maximum absolute atomic E-state index is 13.6. The van der Waals surface area contributed by atoms with Crippen LogP contribution in [0.4, 0.5) is 5.69 Å². The number of benzene rings is 2. The molecule has 1 aliphatic heterocycles. The molecule has 0 spiro atoms. The van der Waals surface area contributed by atoms with E-state index >= 15 is 0 Å². The molecule has 2 N–H and O–H groups in total. The largest absolute Gasteiger partial charge is 0.486 e. The molecule has 2 heterocycles. The number of rotatable bonds is 9. The van der Waals surface area contributed by atoms with Crippen molar-refractivity contribution >= 4 is 31.6 Å². The zero-order valence-electron chi connectivity index (χ0n) is 22.6. The predicted octanol–water partition coefficient (Wildman–Crippen LogP) is 1.76. The molecule has 0 unspecified atom stereocenters. The van der Waals surface area contributed by atoms with Crippen LogP contribution in [0.5, 0.6) is 5.75 Å². The average Bonchev–Trinajstić information content (AvgIpc) is 3.38. The minimum Gasteiger partial charge on any atom is -0.486 e. The number of carbonyl (C=O) groups is 1. The average molecular weight is 592 g/mol. The van der Waals surface area contributed by atoms with Crippen molar-refractivity contribution in [2.24, 2.45) is 13.0 Å². The van der Waals surface area contributed by atoms with Crippen molar-refractivity contribution in [1.82, 2.24) is 18.8 Å². The van der Waals surface area contributed by atoms with E-state index in [9.17, 15) is 26.7 Å². The highest BCUT2D eigenvalue weighted by Crippen LogP contribution is 2.36. The predicted molar refractivity (Wildman–Crippen MR) is 148 cm³/mol. The van der Waals surface area contributed by atoms with Crippen LogP contribution >= 0.6 is 0 Å². The van der Waals surface area contributed by atoms with Crippen molar-refractivity contribution in [3.8, 4) is 5.75 Å². The van der Waals surface area contributed by atoms with Crippen LogP contribution in [0.25, 0.3) is 0 Å².